The Labute approximate surface area is 171 Å². The molecule has 1 aliphatic rings. The summed E-state index contributed by atoms with van der Waals surface area (Å²) in [6.07, 6.45) is 2.54. The quantitative estimate of drug-likeness (QED) is 0.287. The van der Waals surface area contributed by atoms with E-state index < -0.39 is 23.5 Å². The van der Waals surface area contributed by atoms with Gasteiger partial charge in [0, 0.05) is 22.1 Å². The van der Waals surface area contributed by atoms with E-state index in [0.717, 1.165) is 17.3 Å². The van der Waals surface area contributed by atoms with Gasteiger partial charge in [0.05, 0.1) is 11.6 Å². The zero-order valence-corrected chi connectivity index (χ0v) is 17.1. The van der Waals surface area contributed by atoms with Gasteiger partial charge >= 0.3 is 0 Å². The summed E-state index contributed by atoms with van der Waals surface area (Å²) in [6, 6.07) is 11.8. The van der Waals surface area contributed by atoms with Crippen LogP contribution in [0.1, 0.15) is 43.4 Å². The van der Waals surface area contributed by atoms with Crippen molar-refractivity contribution in [1.29, 1.82) is 0 Å². The molecule has 1 heterocycles. The topological polar surface area (TPSA) is 57.6 Å². The molecule has 0 radical (unpaired) electrons. The second-order valence-corrected chi connectivity index (χ2v) is 7.64. The fourth-order valence-electron chi connectivity index (χ4n) is 3.43. The van der Waals surface area contributed by atoms with Crippen molar-refractivity contribution in [3.05, 3.63) is 75.5 Å². The third kappa shape index (κ3) is 3.87. The number of ketones is 1. The SMILES string of the molecule is CCCCCN1C(=O)C(=O)/C(=C(\O)c2ccc(Br)cc2)C1c1ccccc1F. The van der Waals surface area contributed by atoms with Crippen molar-refractivity contribution in [2.45, 2.75) is 32.2 Å². The van der Waals surface area contributed by atoms with Crippen LogP contribution >= 0.6 is 15.9 Å². The Hall–Kier alpha value is -2.47. The molecule has 1 N–H and O–H groups in total. The van der Waals surface area contributed by atoms with Crippen LogP contribution in [0.4, 0.5) is 4.39 Å². The van der Waals surface area contributed by atoms with Gasteiger partial charge in [-0.3, -0.25) is 9.59 Å². The molecule has 2 aromatic carbocycles. The maximum atomic E-state index is 14.6. The molecule has 4 nitrogen and oxygen atoms in total. The third-order valence-corrected chi connectivity index (χ3v) is 5.39. The van der Waals surface area contributed by atoms with Crippen LogP contribution in [-0.4, -0.2) is 28.2 Å². The molecule has 2 aromatic rings. The van der Waals surface area contributed by atoms with Gasteiger partial charge in [-0.05, 0) is 24.6 Å². The Kier molecular flexibility index (Phi) is 6.29. The first-order valence-electron chi connectivity index (χ1n) is 9.24. The van der Waals surface area contributed by atoms with Gasteiger partial charge in [0.1, 0.15) is 11.6 Å². The van der Waals surface area contributed by atoms with E-state index in [9.17, 15) is 19.1 Å². The molecular formula is C22H21BrFNO3. The van der Waals surface area contributed by atoms with Gasteiger partial charge in [0.25, 0.3) is 11.7 Å². The van der Waals surface area contributed by atoms with Gasteiger partial charge in [-0.15, -0.1) is 0 Å². The highest BCUT2D eigenvalue weighted by atomic mass is 79.9. The molecule has 28 heavy (non-hydrogen) atoms. The number of likely N-dealkylation sites (tertiary alicyclic amines) is 1. The highest BCUT2D eigenvalue weighted by Gasteiger charge is 2.46. The van der Waals surface area contributed by atoms with E-state index in [1.54, 1.807) is 42.5 Å². The number of aliphatic hydroxyl groups excluding tert-OH is 1. The van der Waals surface area contributed by atoms with E-state index in [4.69, 9.17) is 0 Å². The van der Waals surface area contributed by atoms with Gasteiger partial charge in [0.2, 0.25) is 0 Å². The lowest BCUT2D eigenvalue weighted by Crippen LogP contribution is -2.31. The highest BCUT2D eigenvalue weighted by molar-refractivity contribution is 9.10. The van der Waals surface area contributed by atoms with E-state index in [1.807, 2.05) is 6.92 Å². The minimum absolute atomic E-state index is 0.0751. The van der Waals surface area contributed by atoms with E-state index in [0.29, 0.717) is 18.5 Å². The molecular weight excluding hydrogens is 425 g/mol. The number of benzene rings is 2. The average Bonchev–Trinajstić information content (AvgIpc) is 2.93. The Bertz CT molecular complexity index is 924. The van der Waals surface area contributed by atoms with Crippen molar-refractivity contribution in [2.75, 3.05) is 6.54 Å². The lowest BCUT2D eigenvalue weighted by atomic mass is 9.95. The van der Waals surface area contributed by atoms with Crippen LogP contribution in [0.5, 0.6) is 0 Å². The third-order valence-electron chi connectivity index (χ3n) is 4.86. The summed E-state index contributed by atoms with van der Waals surface area (Å²) in [4.78, 5) is 26.9. The lowest BCUT2D eigenvalue weighted by Gasteiger charge is -2.25. The number of aliphatic hydroxyl groups is 1. The zero-order valence-electron chi connectivity index (χ0n) is 15.5. The maximum absolute atomic E-state index is 14.6. The molecule has 1 saturated heterocycles. The predicted octanol–water partition coefficient (Wildman–Crippen LogP) is 5.20. The van der Waals surface area contributed by atoms with Crippen LogP contribution in [0.15, 0.2) is 58.6 Å². The first kappa shape index (κ1) is 20.3. The summed E-state index contributed by atoms with van der Waals surface area (Å²) in [7, 11) is 0. The fourth-order valence-corrected chi connectivity index (χ4v) is 3.69. The number of nitrogens with zero attached hydrogens (tertiary/aromatic N) is 1. The molecule has 146 valence electrons. The Balaban J connectivity index is 2.14. The number of hydrogen-bond donors (Lipinski definition) is 1. The summed E-state index contributed by atoms with van der Waals surface area (Å²) in [6.45, 7) is 2.37. The van der Waals surface area contributed by atoms with E-state index >= 15 is 0 Å². The first-order chi connectivity index (χ1) is 13.5. The number of unbranched alkanes of at least 4 members (excludes halogenated alkanes) is 2. The molecule has 1 unspecified atom stereocenters. The van der Waals surface area contributed by atoms with Gasteiger partial charge in [-0.25, -0.2) is 4.39 Å². The molecule has 0 saturated carbocycles. The minimum Gasteiger partial charge on any atom is -0.507 e. The number of amides is 1. The van der Waals surface area contributed by atoms with Gasteiger partial charge < -0.3 is 10.0 Å². The van der Waals surface area contributed by atoms with Crippen molar-refractivity contribution in [3.63, 3.8) is 0 Å². The number of halogens is 2. The molecule has 6 heteroatoms. The number of carbonyl (C=O) groups is 2. The molecule has 0 aromatic heterocycles. The fraction of sp³-hybridized carbons (Fsp3) is 0.273. The van der Waals surface area contributed by atoms with Crippen molar-refractivity contribution in [1.82, 2.24) is 4.90 Å². The normalized spacial score (nSPS) is 18.7. The molecule has 1 aliphatic heterocycles. The Morgan fingerprint density at radius 2 is 1.79 bits per heavy atom. The van der Waals surface area contributed by atoms with Crippen LogP contribution in [0.2, 0.25) is 0 Å². The standard InChI is InChI=1S/C22H21BrFNO3/c1-2-3-6-13-25-19(16-7-4-5-8-17(16)24)18(21(27)22(25)28)20(26)14-9-11-15(23)12-10-14/h4-5,7-12,19,26H,2-3,6,13H2,1H3/b20-18-. The molecule has 1 fully saturated rings. The van der Waals surface area contributed by atoms with Crippen LogP contribution in [0.3, 0.4) is 0 Å². The van der Waals surface area contributed by atoms with Crippen molar-refractivity contribution >= 4 is 33.4 Å². The first-order valence-corrected chi connectivity index (χ1v) is 10.0. The van der Waals surface area contributed by atoms with E-state index in [2.05, 4.69) is 15.9 Å². The van der Waals surface area contributed by atoms with E-state index in [-0.39, 0.29) is 16.9 Å². The van der Waals surface area contributed by atoms with Crippen LogP contribution in [-0.2, 0) is 9.59 Å². The molecule has 1 atom stereocenters. The average molecular weight is 446 g/mol. The monoisotopic (exact) mass is 445 g/mol. The van der Waals surface area contributed by atoms with Crippen molar-refractivity contribution in [3.8, 4) is 0 Å². The van der Waals surface area contributed by atoms with Gasteiger partial charge in [0.15, 0.2) is 0 Å². The predicted molar refractivity (Wildman–Crippen MR) is 109 cm³/mol. The summed E-state index contributed by atoms with van der Waals surface area (Å²) >= 11 is 3.33. The highest BCUT2D eigenvalue weighted by Crippen LogP contribution is 2.40. The van der Waals surface area contributed by atoms with Crippen molar-refractivity contribution in [2.24, 2.45) is 0 Å². The van der Waals surface area contributed by atoms with E-state index in [1.165, 1.54) is 11.0 Å². The zero-order chi connectivity index (χ0) is 20.3. The van der Waals surface area contributed by atoms with Gasteiger partial charge in [-0.2, -0.15) is 0 Å². The number of carbonyl (C=O) groups excluding carboxylic acids is 2. The lowest BCUT2D eigenvalue weighted by molar-refractivity contribution is -0.139. The maximum Gasteiger partial charge on any atom is 0.295 e. The number of Topliss-reactive ketones (excluding diaryl/α,β-unsaturated/α-hetero) is 1. The molecule has 3 rings (SSSR count). The van der Waals surface area contributed by atoms with Crippen LogP contribution < -0.4 is 0 Å². The Morgan fingerprint density at radius 1 is 1.11 bits per heavy atom. The molecule has 0 bridgehead atoms. The summed E-state index contributed by atoms with van der Waals surface area (Å²) in [5.74, 6) is -2.30. The molecule has 0 aliphatic carbocycles. The summed E-state index contributed by atoms with van der Waals surface area (Å²) < 4.78 is 15.4. The van der Waals surface area contributed by atoms with Crippen LogP contribution in [0, 0.1) is 5.82 Å². The van der Waals surface area contributed by atoms with Crippen LogP contribution in [0.25, 0.3) is 5.76 Å². The second kappa shape index (κ2) is 8.69. The van der Waals surface area contributed by atoms with Crippen molar-refractivity contribution < 1.29 is 19.1 Å². The smallest absolute Gasteiger partial charge is 0.295 e. The summed E-state index contributed by atoms with van der Waals surface area (Å²) in [5.41, 5.74) is 0.530. The minimum atomic E-state index is -0.943. The Morgan fingerprint density at radius 3 is 2.43 bits per heavy atom. The summed E-state index contributed by atoms with van der Waals surface area (Å²) in [5, 5.41) is 10.9. The molecule has 0 spiro atoms. The number of hydrogen-bond acceptors (Lipinski definition) is 3. The largest absolute Gasteiger partial charge is 0.507 e. The number of rotatable bonds is 6. The molecule has 1 amide bonds. The second-order valence-electron chi connectivity index (χ2n) is 6.73. The van der Waals surface area contributed by atoms with Gasteiger partial charge in [-0.1, -0.05) is 66.0 Å².